The molecule has 0 amide bonds. The lowest BCUT2D eigenvalue weighted by Crippen LogP contribution is -2.34. The van der Waals surface area contributed by atoms with E-state index >= 15 is 0 Å². The Morgan fingerprint density at radius 2 is 1.82 bits per heavy atom. The summed E-state index contributed by atoms with van der Waals surface area (Å²) in [5, 5.41) is 0. The first-order chi connectivity index (χ1) is 10.1. The first kappa shape index (κ1) is 17.7. The minimum Gasteiger partial charge on any atom is -0.306 e. The van der Waals surface area contributed by atoms with Crippen LogP contribution in [-0.4, -0.2) is 14.7 Å². The van der Waals surface area contributed by atoms with Gasteiger partial charge in [0.05, 0.1) is 14.7 Å². The first-order valence-electron chi connectivity index (χ1n) is 7.82. The topological polar surface area (TPSA) is 35.5 Å². The van der Waals surface area contributed by atoms with Gasteiger partial charge in [-0.2, -0.15) is 0 Å². The van der Waals surface area contributed by atoms with E-state index in [-0.39, 0.29) is 11.5 Å². The lowest BCUT2D eigenvalue weighted by molar-refractivity contribution is 0.0762. The Bertz CT molecular complexity index is 602. The Labute approximate surface area is 135 Å². The zero-order valence-corrected chi connectivity index (χ0v) is 16.3. The lowest BCUT2D eigenvalue weighted by Gasteiger charge is -2.43. The molecule has 2 unspecified atom stereocenters. The van der Waals surface area contributed by atoms with Crippen LogP contribution in [0.1, 0.15) is 32.4 Å². The molecule has 3 nitrogen and oxygen atoms in total. The molecule has 22 heavy (non-hydrogen) atoms. The summed E-state index contributed by atoms with van der Waals surface area (Å²) in [7, 11) is -5.02. The smallest absolute Gasteiger partial charge is 0.306 e. The summed E-state index contributed by atoms with van der Waals surface area (Å²) < 4.78 is 25.2. The molecule has 1 aromatic carbocycles. The summed E-state index contributed by atoms with van der Waals surface area (Å²) in [6.45, 7) is 13.1. The molecule has 122 valence electrons. The van der Waals surface area contributed by atoms with Gasteiger partial charge in [-0.05, 0) is 12.5 Å². The first-order valence-corrected chi connectivity index (χ1v) is 12.9. The average Bonchev–Trinajstić information content (AvgIpc) is 2.41. The van der Waals surface area contributed by atoms with Crippen molar-refractivity contribution >= 4 is 15.7 Å². The molecule has 0 saturated carbocycles. The molecule has 0 aliphatic carbocycles. The Hall–Kier alpha value is -0.673. The zero-order chi connectivity index (χ0) is 16.6. The summed E-state index contributed by atoms with van der Waals surface area (Å²) in [5.41, 5.74) is 0.820. The van der Waals surface area contributed by atoms with Crippen LogP contribution in [0.2, 0.25) is 19.6 Å². The van der Waals surface area contributed by atoms with Gasteiger partial charge in [0.2, 0.25) is 0 Å². The predicted molar refractivity (Wildman–Crippen MR) is 94.7 cm³/mol. The molecule has 0 bridgehead atoms. The van der Waals surface area contributed by atoms with Crippen LogP contribution in [-0.2, 0) is 13.6 Å². The zero-order valence-electron chi connectivity index (χ0n) is 14.4. The molecule has 0 aromatic heterocycles. The van der Waals surface area contributed by atoms with E-state index in [0.717, 1.165) is 10.5 Å². The van der Waals surface area contributed by atoms with Gasteiger partial charge >= 0.3 is 7.60 Å². The van der Waals surface area contributed by atoms with Crippen molar-refractivity contribution in [3.8, 4) is 0 Å². The van der Waals surface area contributed by atoms with Crippen molar-refractivity contribution in [2.45, 2.75) is 46.5 Å². The normalized spacial score (nSPS) is 28.3. The highest BCUT2D eigenvalue weighted by Gasteiger charge is 2.49. The largest absolute Gasteiger partial charge is 0.353 e. The van der Waals surface area contributed by atoms with Crippen LogP contribution in [0.5, 0.6) is 0 Å². The fourth-order valence-electron chi connectivity index (χ4n) is 2.85. The Morgan fingerprint density at radius 1 is 1.23 bits per heavy atom. The van der Waals surface area contributed by atoms with E-state index in [1.54, 1.807) is 0 Å². The maximum atomic E-state index is 13.4. The van der Waals surface area contributed by atoms with Gasteiger partial charge in [0.1, 0.15) is 6.10 Å². The van der Waals surface area contributed by atoms with Crippen LogP contribution in [0, 0.1) is 5.41 Å². The second-order valence-corrected chi connectivity index (χ2v) is 14.8. The Kier molecular flexibility index (Phi) is 4.89. The summed E-state index contributed by atoms with van der Waals surface area (Å²) in [6.07, 6.45) is 1.91. The highest BCUT2D eigenvalue weighted by Crippen LogP contribution is 2.67. The molecule has 2 rings (SSSR count). The highest BCUT2D eigenvalue weighted by molar-refractivity contribution is 7.62. The summed E-state index contributed by atoms with van der Waals surface area (Å²) in [4.78, 5) is 0.916. The molecule has 0 fully saturated rings. The molecule has 0 radical (unpaired) electrons. The molecule has 5 heteroatoms. The van der Waals surface area contributed by atoms with Crippen LogP contribution in [0.3, 0.4) is 0 Å². The standard InChI is InChI=1S/C17H27O3PSi/c1-7-19-21(18)15(22(4,5)6)13-17(2,3)16(20-21)14-11-9-8-10-12-14/h8-13,16H,7H2,1-6H3. The molecule has 1 heterocycles. The average molecular weight is 338 g/mol. The van der Waals surface area contributed by atoms with Crippen LogP contribution < -0.4 is 0 Å². The third-order valence-electron chi connectivity index (χ3n) is 3.89. The Morgan fingerprint density at radius 3 is 2.32 bits per heavy atom. The van der Waals surface area contributed by atoms with Gasteiger partial charge in [0.15, 0.2) is 0 Å². The van der Waals surface area contributed by atoms with Gasteiger partial charge in [-0.3, -0.25) is 9.09 Å². The number of rotatable bonds is 4. The summed E-state index contributed by atoms with van der Waals surface area (Å²) in [5.74, 6) is 0. The van der Waals surface area contributed by atoms with Gasteiger partial charge < -0.3 is 4.52 Å². The van der Waals surface area contributed by atoms with Gasteiger partial charge in [-0.25, -0.2) is 0 Å². The molecule has 1 aromatic rings. The molecular formula is C17H27O3PSi. The summed E-state index contributed by atoms with van der Waals surface area (Å²) >= 11 is 0. The number of benzene rings is 1. The quantitative estimate of drug-likeness (QED) is 0.516. The molecule has 0 spiro atoms. The monoisotopic (exact) mass is 338 g/mol. The van der Waals surface area contributed by atoms with Crippen molar-refractivity contribution in [1.29, 1.82) is 0 Å². The maximum Gasteiger partial charge on any atom is 0.353 e. The van der Waals surface area contributed by atoms with E-state index in [1.807, 2.05) is 37.3 Å². The maximum absolute atomic E-state index is 13.4. The van der Waals surface area contributed by atoms with E-state index in [1.165, 1.54) is 0 Å². The van der Waals surface area contributed by atoms with Crippen molar-refractivity contribution in [3.63, 3.8) is 0 Å². The highest BCUT2D eigenvalue weighted by atomic mass is 31.2. The molecule has 1 aliphatic rings. The molecule has 1 aliphatic heterocycles. The summed E-state index contributed by atoms with van der Waals surface area (Å²) in [6, 6.07) is 9.99. The van der Waals surface area contributed by atoms with E-state index in [4.69, 9.17) is 9.05 Å². The van der Waals surface area contributed by atoms with Gasteiger partial charge in [-0.15, -0.1) is 0 Å². The molecular weight excluding hydrogens is 311 g/mol. The molecule has 0 saturated heterocycles. The van der Waals surface area contributed by atoms with Crippen molar-refractivity contribution in [3.05, 3.63) is 46.9 Å². The molecule has 2 atom stereocenters. The van der Waals surface area contributed by atoms with Crippen molar-refractivity contribution in [1.82, 2.24) is 0 Å². The van der Waals surface area contributed by atoms with E-state index in [0.29, 0.717) is 6.61 Å². The predicted octanol–water partition coefficient (Wildman–Crippen LogP) is 5.78. The second-order valence-electron chi connectivity index (χ2n) is 7.41. The van der Waals surface area contributed by atoms with Crippen LogP contribution in [0.25, 0.3) is 0 Å². The molecule has 0 N–H and O–H groups in total. The van der Waals surface area contributed by atoms with E-state index in [9.17, 15) is 4.57 Å². The van der Waals surface area contributed by atoms with Crippen LogP contribution in [0.4, 0.5) is 0 Å². The van der Waals surface area contributed by atoms with Crippen LogP contribution >= 0.6 is 7.60 Å². The van der Waals surface area contributed by atoms with Gasteiger partial charge in [-0.1, -0.05) is 69.9 Å². The van der Waals surface area contributed by atoms with Gasteiger partial charge in [0, 0.05) is 10.4 Å². The third-order valence-corrected chi connectivity index (χ3v) is 10.2. The number of hydrogen-bond donors (Lipinski definition) is 0. The van der Waals surface area contributed by atoms with Crippen LogP contribution in [0.15, 0.2) is 41.3 Å². The number of hydrogen-bond acceptors (Lipinski definition) is 3. The minimum atomic E-state index is -3.22. The van der Waals surface area contributed by atoms with Gasteiger partial charge in [0.25, 0.3) is 0 Å². The third kappa shape index (κ3) is 3.46. The Balaban J connectivity index is 2.55. The minimum absolute atomic E-state index is 0.220. The lowest BCUT2D eigenvalue weighted by atomic mass is 9.83. The second kappa shape index (κ2) is 6.08. The van der Waals surface area contributed by atoms with Crippen molar-refractivity contribution in [2.75, 3.05) is 6.61 Å². The van der Waals surface area contributed by atoms with Crippen molar-refractivity contribution < 1.29 is 13.6 Å². The van der Waals surface area contributed by atoms with E-state index in [2.05, 4.69) is 39.6 Å². The SMILES string of the molecule is CCOP1(=O)OC(c2ccccc2)C(C)(C)C=C1[Si](C)(C)C. The fraction of sp³-hybridized carbons (Fsp3) is 0.529. The van der Waals surface area contributed by atoms with Crippen molar-refractivity contribution in [2.24, 2.45) is 5.41 Å². The fourth-order valence-corrected chi connectivity index (χ4v) is 9.11. The van der Waals surface area contributed by atoms with E-state index < -0.39 is 15.7 Å².